The second-order valence-electron chi connectivity index (χ2n) is 36.5. The van der Waals surface area contributed by atoms with Crippen LogP contribution >= 0.6 is 0 Å². The van der Waals surface area contributed by atoms with Crippen LogP contribution in [-0.4, -0.2) is 9.13 Å². The summed E-state index contributed by atoms with van der Waals surface area (Å²) in [6.07, 6.45) is 4.45. The molecule has 0 aliphatic rings. The predicted molar refractivity (Wildman–Crippen MR) is 517 cm³/mol. The Morgan fingerprint density at radius 3 is 1.08 bits per heavy atom. The largest absolute Gasteiger partial charge is 0.295 e. The van der Waals surface area contributed by atoms with Crippen molar-refractivity contribution in [1.82, 2.24) is 9.13 Å². The van der Waals surface area contributed by atoms with Gasteiger partial charge in [-0.3, -0.25) is 0 Å². The molecule has 0 saturated heterocycles. The number of fused-ring (bicyclic) bond motifs is 2. The average Bonchev–Trinajstić information content (AvgIpc) is 1.60. The van der Waals surface area contributed by atoms with Gasteiger partial charge in [0.25, 0.3) is 11.6 Å². The van der Waals surface area contributed by atoms with Gasteiger partial charge in [-0.25, -0.2) is 22.8 Å². The Morgan fingerprint density at radius 1 is 0.322 bits per heavy atom. The van der Waals surface area contributed by atoms with E-state index in [1.54, 1.807) is 12.1 Å². The summed E-state index contributed by atoms with van der Waals surface area (Å²) in [5.74, 6) is 4.33. The molecule has 7 heteroatoms. The monoisotopic (exact) mass is 1620 g/mol. The smallest absolute Gasteiger partial charge is 0.225 e. The molecule has 632 valence electrons. The minimum atomic E-state index is -2.11. The molecule has 0 amide bonds. The zero-order chi connectivity index (χ0) is 95.3. The number of imidazole rings is 2. The van der Waals surface area contributed by atoms with Gasteiger partial charge in [0.05, 0.1) is 25.2 Å². The van der Waals surface area contributed by atoms with Crippen LogP contribution in [0.1, 0.15) is 266 Å². The lowest BCUT2D eigenvalue weighted by atomic mass is 9.87. The Balaban J connectivity index is 0.000000171. The third-order valence-corrected chi connectivity index (χ3v) is 23.3. The highest BCUT2D eigenvalue weighted by Crippen LogP contribution is 2.42. The molecule has 0 fully saturated rings. The van der Waals surface area contributed by atoms with Crippen molar-refractivity contribution in [2.24, 2.45) is 53.0 Å². The number of benzene rings is 9. The number of para-hydroxylation sites is 4. The fourth-order valence-corrected chi connectivity index (χ4v) is 16.9. The number of aromatic nitrogens is 7. The molecule has 5 aromatic heterocycles. The SMILES string of the molecule is Cc1ccc(-c2ccc(CC(C)C)c[n+]2C)c(C)c1.Cc1ccccc1-c1n(-c2c(C(C)C)cc(C(C)C)cc2C(C)C)c2ccccc2[n+]1C.[2H]C(C)(C)c1cc(C(C)C)c(-n2c(-c3ccccc3C)[n+](C)c3ccccc32)c(C(C)C)c1.[2H]C([2H])([2H])c1ccc(-c2ccc(C([2H])([2H])C(C)C)c[n+]2C)c(C)c1.[2H]C([2H])(c1c[n+](C)c(-c2ccccc2C)cc1C)C(C)C. The van der Waals surface area contributed by atoms with E-state index in [1.807, 2.05) is 121 Å². The molecular formula is C114H146N7+5. The molecule has 0 aliphatic heterocycles. The third kappa shape index (κ3) is 21.8. The average molecular weight is 1620 g/mol. The van der Waals surface area contributed by atoms with Gasteiger partial charge in [0, 0.05) is 84.8 Å². The van der Waals surface area contributed by atoms with Crippen molar-refractivity contribution in [3.05, 3.63) is 325 Å². The molecule has 0 N–H and O–H groups in total. The maximum atomic E-state index is 8.75. The van der Waals surface area contributed by atoms with E-state index in [4.69, 9.17) is 11.0 Å². The normalized spacial score (nSPS) is 12.9. The Kier molecular flexibility index (Phi) is 27.5. The standard InChI is InChI=1S/2C30H37N2.3C18H24N/c2*1-19(2)23-17-25(20(3)4)29(26(18-23)21(5)6)32-28-16-12-11-15-27(28)31(8)30(32)24-14-10-9-13-22(24)7;2*1-13(2)10-16-7-9-18(19(5)12-16)17-8-6-14(3)11-15(17)4;1-13(2)10-16-12-19(5)18(11-15(16)4)17-9-7-6-8-14(17)3/h2*9-21H,1-8H3;3*6-9,11-13H,10H2,1-5H3/q5*+1/i19D;;3D3,10D2;;10D2. The predicted octanol–water partition coefficient (Wildman–Crippen LogP) is 27.6. The van der Waals surface area contributed by atoms with Crippen molar-refractivity contribution in [1.29, 1.82) is 0 Å². The van der Waals surface area contributed by atoms with Crippen LogP contribution in [0.15, 0.2) is 231 Å². The first kappa shape index (κ1) is 81.4. The summed E-state index contributed by atoms with van der Waals surface area (Å²) in [6.45, 7) is 51.7. The summed E-state index contributed by atoms with van der Waals surface area (Å²) in [7, 11) is 10.4. The van der Waals surface area contributed by atoms with Crippen molar-refractivity contribution in [3.63, 3.8) is 0 Å². The van der Waals surface area contributed by atoms with Gasteiger partial charge >= 0.3 is 0 Å². The maximum Gasteiger partial charge on any atom is 0.295 e. The fourth-order valence-electron chi connectivity index (χ4n) is 16.9. The molecule has 0 aliphatic carbocycles. The summed E-state index contributed by atoms with van der Waals surface area (Å²) in [5.41, 5.74) is 36.3. The Labute approximate surface area is 741 Å². The molecule has 0 radical (unpaired) electrons. The molecule has 9 aromatic carbocycles. The van der Waals surface area contributed by atoms with Crippen molar-refractivity contribution < 1.29 is 33.8 Å². The van der Waals surface area contributed by atoms with Gasteiger partial charge in [0.1, 0.15) is 32.5 Å². The number of aryl methyl sites for hydroxylation is 13. The molecule has 0 atom stereocenters. The lowest BCUT2D eigenvalue weighted by Gasteiger charge is -2.21. The summed E-state index contributed by atoms with van der Waals surface area (Å²) < 4.78 is 80.3. The van der Waals surface area contributed by atoms with E-state index in [2.05, 4.69) is 338 Å². The van der Waals surface area contributed by atoms with E-state index in [-0.39, 0.29) is 11.8 Å². The van der Waals surface area contributed by atoms with Crippen molar-refractivity contribution in [3.8, 4) is 67.9 Å². The molecular weight excluding hydrogens is 1470 g/mol. The molecule has 0 unspecified atom stereocenters. The van der Waals surface area contributed by atoms with Gasteiger partial charge in [-0.15, -0.1) is 0 Å². The molecule has 5 heterocycles. The van der Waals surface area contributed by atoms with Crippen LogP contribution in [0.25, 0.3) is 90.0 Å². The minimum absolute atomic E-state index is 0.0551. The summed E-state index contributed by atoms with van der Waals surface area (Å²) in [4.78, 5) is 0. The van der Waals surface area contributed by atoms with Crippen molar-refractivity contribution >= 4 is 22.1 Å². The highest BCUT2D eigenvalue weighted by molar-refractivity contribution is 5.83. The van der Waals surface area contributed by atoms with Crippen LogP contribution in [-0.2, 0) is 54.4 Å². The Morgan fingerprint density at radius 2 is 0.694 bits per heavy atom. The highest BCUT2D eigenvalue weighted by Gasteiger charge is 2.35. The topological polar surface area (TPSA) is 29.3 Å². The molecule has 14 rings (SSSR count). The zero-order valence-electron chi connectivity index (χ0n) is 86.9. The number of hydrogen-bond donors (Lipinski definition) is 0. The number of pyridine rings is 3. The Hall–Kier alpha value is -10.6. The van der Waals surface area contributed by atoms with Crippen LogP contribution < -0.4 is 22.8 Å². The molecule has 121 heavy (non-hydrogen) atoms. The van der Waals surface area contributed by atoms with Gasteiger partial charge in [0.15, 0.2) is 40.7 Å². The molecule has 0 spiro atoms. The van der Waals surface area contributed by atoms with E-state index < -0.39 is 25.5 Å². The highest BCUT2D eigenvalue weighted by atomic mass is 15.2. The van der Waals surface area contributed by atoms with Gasteiger partial charge in [-0.1, -0.05) is 263 Å². The second kappa shape index (κ2) is 40.8. The van der Waals surface area contributed by atoms with E-state index in [0.29, 0.717) is 46.6 Å². The Bertz CT molecular complexity index is 6260. The number of nitrogens with zero attached hydrogens (tertiary/aromatic N) is 7. The lowest BCUT2D eigenvalue weighted by Crippen LogP contribution is -2.32. The molecule has 0 saturated carbocycles. The van der Waals surface area contributed by atoms with E-state index in [9.17, 15) is 0 Å². The number of hydrogen-bond acceptors (Lipinski definition) is 0. The van der Waals surface area contributed by atoms with Crippen LogP contribution in [0.4, 0.5) is 0 Å². The molecule has 7 nitrogen and oxygen atoms in total. The van der Waals surface area contributed by atoms with E-state index in [0.717, 1.165) is 45.6 Å². The zero-order valence-corrected chi connectivity index (χ0v) is 78.9. The quantitative estimate of drug-likeness (QED) is 0.0722. The van der Waals surface area contributed by atoms with Gasteiger partial charge in [-0.05, 0) is 239 Å². The van der Waals surface area contributed by atoms with Gasteiger partial charge in [-0.2, -0.15) is 9.13 Å². The summed E-state index contributed by atoms with van der Waals surface area (Å²) in [6, 6.07) is 74.8. The summed E-state index contributed by atoms with van der Waals surface area (Å²) >= 11 is 0. The van der Waals surface area contributed by atoms with Gasteiger partial charge < -0.3 is 0 Å². The van der Waals surface area contributed by atoms with Crippen molar-refractivity contribution in [2.75, 3.05) is 0 Å². The van der Waals surface area contributed by atoms with Crippen LogP contribution in [0, 0.1) is 73.1 Å². The molecule has 14 aromatic rings. The second-order valence-corrected chi connectivity index (χ2v) is 36.5. The van der Waals surface area contributed by atoms with Crippen LogP contribution in [0.3, 0.4) is 0 Å². The lowest BCUT2D eigenvalue weighted by molar-refractivity contribution is -0.661. The van der Waals surface area contributed by atoms with Crippen LogP contribution in [0.5, 0.6) is 0 Å². The summed E-state index contributed by atoms with van der Waals surface area (Å²) in [5, 5.41) is 0. The van der Waals surface area contributed by atoms with Gasteiger partial charge in [0.2, 0.25) is 17.1 Å². The van der Waals surface area contributed by atoms with Crippen molar-refractivity contribution in [2.45, 2.75) is 235 Å². The minimum Gasteiger partial charge on any atom is -0.225 e. The first-order valence-electron chi connectivity index (χ1n) is 48.1. The van der Waals surface area contributed by atoms with E-state index in [1.165, 1.54) is 134 Å². The van der Waals surface area contributed by atoms with E-state index >= 15 is 0 Å². The third-order valence-electron chi connectivity index (χ3n) is 23.3. The molecule has 0 bridgehead atoms. The van der Waals surface area contributed by atoms with Crippen LogP contribution in [0.2, 0.25) is 0 Å². The first-order valence-corrected chi connectivity index (χ1v) is 44.1. The maximum absolute atomic E-state index is 8.75. The fraction of sp³-hybridized carbons (Fsp3) is 0.377. The first-order chi connectivity index (χ1) is 60.4. The number of rotatable bonds is 19.